The highest BCUT2D eigenvalue weighted by Crippen LogP contribution is 2.31. The number of benzene rings is 2. The third-order valence-corrected chi connectivity index (χ3v) is 4.29. The van der Waals surface area contributed by atoms with Crippen molar-refractivity contribution in [2.24, 2.45) is 5.10 Å². The molecule has 1 aromatic heterocycles. The minimum atomic E-state index is -0.384. The highest BCUT2D eigenvalue weighted by atomic mass is 16.5. The van der Waals surface area contributed by atoms with Crippen LogP contribution in [0.2, 0.25) is 0 Å². The fraction of sp³-hybridized carbons (Fsp3) is 0.190. The third-order valence-electron chi connectivity index (χ3n) is 4.29. The lowest BCUT2D eigenvalue weighted by molar-refractivity contribution is 0.0950. The summed E-state index contributed by atoms with van der Waals surface area (Å²) in [4.78, 5) is 14.3. The summed E-state index contributed by atoms with van der Waals surface area (Å²) in [5.74, 6) is 0.826. The number of aromatic nitrogens is 2. The van der Waals surface area contributed by atoms with Crippen molar-refractivity contribution in [2.45, 2.75) is 0 Å². The van der Waals surface area contributed by atoms with Crippen molar-refractivity contribution < 1.29 is 14.3 Å². The van der Waals surface area contributed by atoms with Gasteiger partial charge in [0.25, 0.3) is 5.91 Å². The van der Waals surface area contributed by atoms with E-state index >= 15 is 0 Å². The molecule has 0 fully saturated rings. The molecule has 3 aromatic rings. The van der Waals surface area contributed by atoms with Crippen LogP contribution in [-0.4, -0.2) is 50.6 Å². The molecule has 3 rings (SSSR count). The van der Waals surface area contributed by atoms with Gasteiger partial charge in [-0.05, 0) is 42.0 Å². The van der Waals surface area contributed by atoms with Crippen LogP contribution in [0.15, 0.2) is 53.6 Å². The monoisotopic (exact) mass is 393 g/mol. The van der Waals surface area contributed by atoms with Gasteiger partial charge in [-0.1, -0.05) is 12.1 Å². The second-order valence-electron chi connectivity index (χ2n) is 6.42. The van der Waals surface area contributed by atoms with Gasteiger partial charge in [-0.2, -0.15) is 10.2 Å². The Hall–Kier alpha value is -3.81. The molecule has 8 heteroatoms. The first-order chi connectivity index (χ1) is 14.0. The van der Waals surface area contributed by atoms with Crippen LogP contribution in [0.1, 0.15) is 16.1 Å². The summed E-state index contributed by atoms with van der Waals surface area (Å²) >= 11 is 0. The second-order valence-corrected chi connectivity index (χ2v) is 6.42. The van der Waals surface area contributed by atoms with Crippen LogP contribution in [0.4, 0.5) is 5.69 Å². The predicted octanol–water partition coefficient (Wildman–Crippen LogP) is 2.92. The summed E-state index contributed by atoms with van der Waals surface area (Å²) in [6.45, 7) is 0. The summed E-state index contributed by atoms with van der Waals surface area (Å²) in [6, 6.07) is 14.9. The van der Waals surface area contributed by atoms with E-state index in [1.807, 2.05) is 49.3 Å². The summed E-state index contributed by atoms with van der Waals surface area (Å²) in [6.07, 6.45) is 1.59. The van der Waals surface area contributed by atoms with Crippen molar-refractivity contribution in [3.05, 3.63) is 59.8 Å². The Morgan fingerprint density at radius 3 is 2.45 bits per heavy atom. The number of nitrogens with one attached hydrogen (secondary N) is 2. The van der Waals surface area contributed by atoms with E-state index in [2.05, 4.69) is 20.7 Å². The summed E-state index contributed by atoms with van der Waals surface area (Å²) < 4.78 is 10.5. The lowest BCUT2D eigenvalue weighted by Gasteiger charge is -2.11. The zero-order valence-electron chi connectivity index (χ0n) is 16.8. The number of nitrogens with zero attached hydrogens (tertiary/aromatic N) is 3. The number of aromatic amines is 1. The van der Waals surface area contributed by atoms with Crippen LogP contribution in [0, 0.1) is 0 Å². The Labute approximate surface area is 169 Å². The van der Waals surface area contributed by atoms with Gasteiger partial charge < -0.3 is 14.4 Å². The fourth-order valence-electron chi connectivity index (χ4n) is 2.67. The van der Waals surface area contributed by atoms with E-state index in [9.17, 15) is 4.79 Å². The standard InChI is InChI=1S/C21H23N5O3/c1-26(2)16-8-5-14(6-9-16)13-22-25-21(27)18-12-17(23-24-18)15-7-10-19(28-3)20(11-15)29-4/h5-13H,1-4H3,(H,23,24)(H,25,27)/b22-13-. The van der Waals surface area contributed by atoms with E-state index in [0.717, 1.165) is 16.8 Å². The predicted molar refractivity (Wildman–Crippen MR) is 113 cm³/mol. The van der Waals surface area contributed by atoms with Gasteiger partial charge in [0.05, 0.1) is 26.1 Å². The fourth-order valence-corrected chi connectivity index (χ4v) is 2.67. The second kappa shape index (κ2) is 8.92. The summed E-state index contributed by atoms with van der Waals surface area (Å²) in [5, 5.41) is 10.9. The van der Waals surface area contributed by atoms with Crippen molar-refractivity contribution in [3.8, 4) is 22.8 Å². The Kier molecular flexibility index (Phi) is 6.13. The van der Waals surface area contributed by atoms with Crippen molar-refractivity contribution in [1.82, 2.24) is 15.6 Å². The molecule has 2 N–H and O–H groups in total. The number of hydrogen-bond acceptors (Lipinski definition) is 6. The number of carbonyl (C=O) groups is 1. The smallest absolute Gasteiger partial charge is 0.289 e. The topological polar surface area (TPSA) is 91.8 Å². The van der Waals surface area contributed by atoms with E-state index in [1.165, 1.54) is 0 Å². The van der Waals surface area contributed by atoms with Gasteiger partial charge in [-0.3, -0.25) is 9.89 Å². The minimum Gasteiger partial charge on any atom is -0.493 e. The van der Waals surface area contributed by atoms with Crippen LogP contribution in [-0.2, 0) is 0 Å². The van der Waals surface area contributed by atoms with Gasteiger partial charge in [0, 0.05) is 25.3 Å². The molecule has 0 saturated carbocycles. The highest BCUT2D eigenvalue weighted by Gasteiger charge is 2.12. The molecule has 0 unspecified atom stereocenters. The first-order valence-corrected chi connectivity index (χ1v) is 8.90. The molecular weight excluding hydrogens is 370 g/mol. The zero-order valence-corrected chi connectivity index (χ0v) is 16.8. The maximum absolute atomic E-state index is 12.3. The van der Waals surface area contributed by atoms with Gasteiger partial charge >= 0.3 is 0 Å². The number of rotatable bonds is 7. The average molecular weight is 393 g/mol. The molecule has 2 aromatic carbocycles. The summed E-state index contributed by atoms with van der Waals surface area (Å²) in [7, 11) is 7.09. The molecule has 0 aliphatic rings. The molecular formula is C21H23N5O3. The largest absolute Gasteiger partial charge is 0.493 e. The Morgan fingerprint density at radius 1 is 1.07 bits per heavy atom. The van der Waals surface area contributed by atoms with Gasteiger partial charge in [0.2, 0.25) is 0 Å². The first kappa shape index (κ1) is 19.9. The van der Waals surface area contributed by atoms with Gasteiger partial charge in [-0.15, -0.1) is 0 Å². The average Bonchev–Trinajstić information content (AvgIpc) is 3.24. The maximum Gasteiger partial charge on any atom is 0.289 e. The molecule has 0 bridgehead atoms. The number of hydrazone groups is 1. The van der Waals surface area contributed by atoms with Gasteiger partial charge in [0.15, 0.2) is 11.5 Å². The SMILES string of the molecule is COc1ccc(-c2cc(C(=O)N/N=C\c3ccc(N(C)C)cc3)[nH]n2)cc1OC. The third kappa shape index (κ3) is 4.73. The normalized spacial score (nSPS) is 10.8. The first-order valence-electron chi connectivity index (χ1n) is 8.90. The van der Waals surface area contributed by atoms with Crippen LogP contribution in [0.3, 0.4) is 0 Å². The number of carbonyl (C=O) groups excluding carboxylic acids is 1. The molecule has 8 nitrogen and oxygen atoms in total. The quantitative estimate of drug-likeness (QED) is 0.476. The van der Waals surface area contributed by atoms with Gasteiger partial charge in [-0.25, -0.2) is 5.43 Å². The molecule has 0 aliphatic carbocycles. The number of amides is 1. The molecule has 0 aliphatic heterocycles. The molecule has 0 radical (unpaired) electrons. The van der Waals surface area contributed by atoms with E-state index < -0.39 is 0 Å². The molecule has 1 amide bonds. The number of methoxy groups -OCH3 is 2. The molecule has 29 heavy (non-hydrogen) atoms. The Bertz CT molecular complexity index is 1010. The highest BCUT2D eigenvalue weighted by molar-refractivity contribution is 5.94. The molecule has 0 atom stereocenters. The minimum absolute atomic E-state index is 0.301. The molecule has 0 saturated heterocycles. The molecule has 1 heterocycles. The Balaban J connectivity index is 1.66. The van der Waals surface area contributed by atoms with Crippen LogP contribution < -0.4 is 19.8 Å². The number of H-pyrrole nitrogens is 1. The van der Waals surface area contributed by atoms with Crippen molar-refractivity contribution in [1.29, 1.82) is 0 Å². The van der Waals surface area contributed by atoms with E-state index in [-0.39, 0.29) is 5.91 Å². The van der Waals surface area contributed by atoms with Crippen LogP contribution in [0.25, 0.3) is 11.3 Å². The number of hydrogen-bond donors (Lipinski definition) is 2. The van der Waals surface area contributed by atoms with E-state index in [0.29, 0.717) is 22.9 Å². The molecule has 150 valence electrons. The molecule has 0 spiro atoms. The number of ether oxygens (including phenoxy) is 2. The lowest BCUT2D eigenvalue weighted by Crippen LogP contribution is -2.18. The Morgan fingerprint density at radius 2 is 1.79 bits per heavy atom. The van der Waals surface area contributed by atoms with E-state index in [4.69, 9.17) is 9.47 Å². The van der Waals surface area contributed by atoms with Crippen molar-refractivity contribution in [3.63, 3.8) is 0 Å². The van der Waals surface area contributed by atoms with E-state index in [1.54, 1.807) is 38.6 Å². The van der Waals surface area contributed by atoms with Crippen LogP contribution in [0.5, 0.6) is 11.5 Å². The maximum atomic E-state index is 12.3. The summed E-state index contributed by atoms with van der Waals surface area (Å²) in [5.41, 5.74) is 6.17. The van der Waals surface area contributed by atoms with Crippen molar-refractivity contribution >= 4 is 17.8 Å². The van der Waals surface area contributed by atoms with Crippen LogP contribution >= 0.6 is 0 Å². The van der Waals surface area contributed by atoms with Gasteiger partial charge in [0.1, 0.15) is 5.69 Å². The lowest BCUT2D eigenvalue weighted by atomic mass is 10.1. The van der Waals surface area contributed by atoms with Crippen molar-refractivity contribution in [2.75, 3.05) is 33.2 Å². The zero-order chi connectivity index (χ0) is 20.8. The number of anilines is 1.